The molecule has 6 heteroatoms. The van der Waals surface area contributed by atoms with Crippen molar-refractivity contribution in [1.82, 2.24) is 19.4 Å². The Kier molecular flexibility index (Phi) is 4.31. The number of imidazole rings is 1. The summed E-state index contributed by atoms with van der Waals surface area (Å²) in [5, 5.41) is 1.99. The third kappa shape index (κ3) is 2.94. The van der Waals surface area contributed by atoms with E-state index in [0.29, 0.717) is 0 Å². The van der Waals surface area contributed by atoms with Crippen LogP contribution in [0.5, 0.6) is 0 Å². The predicted molar refractivity (Wildman–Crippen MR) is 88.3 cm³/mol. The lowest BCUT2D eigenvalue weighted by molar-refractivity contribution is 0.0763. The molecule has 118 valence electrons. The van der Waals surface area contributed by atoms with Gasteiger partial charge in [0.15, 0.2) is 0 Å². The van der Waals surface area contributed by atoms with E-state index in [1.165, 1.54) is 17.0 Å². The number of amides is 1. The van der Waals surface area contributed by atoms with Crippen molar-refractivity contribution < 1.29 is 4.79 Å². The average Bonchev–Trinajstić information content (AvgIpc) is 2.98. The third-order valence-corrected chi connectivity index (χ3v) is 5.05. The zero-order valence-electron chi connectivity index (χ0n) is 13.4. The van der Waals surface area contributed by atoms with E-state index in [1.54, 1.807) is 0 Å². The molecule has 0 saturated carbocycles. The van der Waals surface area contributed by atoms with Crippen molar-refractivity contribution in [3.8, 4) is 0 Å². The molecule has 1 amide bonds. The van der Waals surface area contributed by atoms with Gasteiger partial charge in [0.1, 0.15) is 5.82 Å². The Morgan fingerprint density at radius 2 is 2.18 bits per heavy atom. The lowest BCUT2D eigenvalue weighted by Crippen LogP contribution is -2.33. The van der Waals surface area contributed by atoms with Gasteiger partial charge in [-0.3, -0.25) is 4.79 Å². The van der Waals surface area contributed by atoms with Crippen LogP contribution < -0.4 is 0 Å². The fourth-order valence-electron chi connectivity index (χ4n) is 2.88. The number of aryl methyl sites for hydroxylation is 1. The van der Waals surface area contributed by atoms with E-state index in [1.807, 2.05) is 29.5 Å². The van der Waals surface area contributed by atoms with Crippen molar-refractivity contribution in [2.45, 2.75) is 26.4 Å². The van der Waals surface area contributed by atoms with Gasteiger partial charge in [-0.05, 0) is 38.0 Å². The molecule has 2 aromatic heterocycles. The van der Waals surface area contributed by atoms with E-state index in [-0.39, 0.29) is 5.91 Å². The molecule has 0 fully saturated rings. The molecule has 22 heavy (non-hydrogen) atoms. The maximum Gasteiger partial charge on any atom is 0.264 e. The Morgan fingerprint density at radius 3 is 2.86 bits per heavy atom. The first-order valence-corrected chi connectivity index (χ1v) is 8.45. The summed E-state index contributed by atoms with van der Waals surface area (Å²) in [7, 11) is 4.12. The van der Waals surface area contributed by atoms with Crippen molar-refractivity contribution in [1.29, 1.82) is 0 Å². The first-order chi connectivity index (χ1) is 10.6. The zero-order chi connectivity index (χ0) is 15.7. The second kappa shape index (κ2) is 6.22. The number of nitrogens with zero attached hydrogens (tertiary/aromatic N) is 4. The zero-order valence-corrected chi connectivity index (χ0v) is 14.2. The van der Waals surface area contributed by atoms with Crippen molar-refractivity contribution in [2.75, 3.05) is 27.2 Å². The molecule has 1 aliphatic heterocycles. The molecule has 5 nitrogen and oxygen atoms in total. The third-order valence-electron chi connectivity index (χ3n) is 4.04. The van der Waals surface area contributed by atoms with Crippen LogP contribution in [0.4, 0.5) is 0 Å². The maximum atomic E-state index is 12.7. The van der Waals surface area contributed by atoms with Gasteiger partial charge in [0.2, 0.25) is 0 Å². The molecule has 0 bridgehead atoms. The fraction of sp³-hybridized carbons (Fsp3) is 0.500. The largest absolute Gasteiger partial charge is 0.336 e. The highest BCUT2D eigenvalue weighted by molar-refractivity contribution is 7.12. The quantitative estimate of drug-likeness (QED) is 0.869. The highest BCUT2D eigenvalue weighted by Crippen LogP contribution is 2.20. The molecule has 3 rings (SSSR count). The molecule has 0 saturated heterocycles. The fourth-order valence-corrected chi connectivity index (χ4v) is 3.77. The van der Waals surface area contributed by atoms with Crippen LogP contribution in [-0.2, 0) is 19.5 Å². The lowest BCUT2D eigenvalue weighted by Gasteiger charge is -2.20. The lowest BCUT2D eigenvalue weighted by atomic mass is 10.2. The van der Waals surface area contributed by atoms with E-state index in [0.717, 1.165) is 48.9 Å². The number of hydrogen-bond donors (Lipinski definition) is 0. The van der Waals surface area contributed by atoms with Crippen molar-refractivity contribution in [2.24, 2.45) is 0 Å². The summed E-state index contributed by atoms with van der Waals surface area (Å²) < 4.78 is 2.27. The van der Waals surface area contributed by atoms with Gasteiger partial charge in [-0.25, -0.2) is 4.98 Å². The average molecular weight is 318 g/mol. The predicted octanol–water partition coefficient (Wildman–Crippen LogP) is 2.01. The van der Waals surface area contributed by atoms with Gasteiger partial charge in [-0.2, -0.15) is 0 Å². The van der Waals surface area contributed by atoms with E-state index in [9.17, 15) is 4.79 Å². The molecule has 0 N–H and O–H groups in total. The van der Waals surface area contributed by atoms with Crippen LogP contribution in [0.15, 0.2) is 17.6 Å². The number of hydrogen-bond acceptors (Lipinski definition) is 4. The molecule has 0 aliphatic carbocycles. The summed E-state index contributed by atoms with van der Waals surface area (Å²) >= 11 is 1.54. The van der Waals surface area contributed by atoms with Crippen molar-refractivity contribution in [3.63, 3.8) is 0 Å². The molecule has 2 aromatic rings. The van der Waals surface area contributed by atoms with Gasteiger partial charge >= 0.3 is 0 Å². The Hall–Kier alpha value is -1.66. The highest BCUT2D eigenvalue weighted by atomic mass is 32.1. The monoisotopic (exact) mass is 318 g/mol. The van der Waals surface area contributed by atoms with Gasteiger partial charge in [0.05, 0.1) is 10.6 Å². The second-order valence-electron chi connectivity index (χ2n) is 6.03. The van der Waals surface area contributed by atoms with Gasteiger partial charge in [0, 0.05) is 38.8 Å². The summed E-state index contributed by atoms with van der Waals surface area (Å²) in [5.74, 6) is 1.25. The number of rotatable bonds is 3. The first-order valence-electron chi connectivity index (χ1n) is 7.57. The van der Waals surface area contributed by atoms with Crippen LogP contribution in [0.3, 0.4) is 0 Å². The van der Waals surface area contributed by atoms with Gasteiger partial charge < -0.3 is 14.4 Å². The van der Waals surface area contributed by atoms with E-state index >= 15 is 0 Å². The van der Waals surface area contributed by atoms with Gasteiger partial charge in [0.25, 0.3) is 5.91 Å². The Balaban J connectivity index is 1.75. The maximum absolute atomic E-state index is 12.7. The van der Waals surface area contributed by atoms with Crippen molar-refractivity contribution >= 4 is 17.2 Å². The molecule has 0 spiro atoms. The minimum atomic E-state index is 0.160. The van der Waals surface area contributed by atoms with Crippen LogP contribution >= 0.6 is 11.3 Å². The number of fused-ring (bicyclic) bond motifs is 1. The molecule has 0 unspecified atom stereocenters. The minimum Gasteiger partial charge on any atom is -0.336 e. The van der Waals surface area contributed by atoms with Crippen LogP contribution in [0.2, 0.25) is 0 Å². The Labute approximate surface area is 135 Å². The van der Waals surface area contributed by atoms with Crippen LogP contribution in [-0.4, -0.2) is 52.4 Å². The molecule has 0 radical (unpaired) electrons. The van der Waals surface area contributed by atoms with Crippen LogP contribution in [0.25, 0.3) is 0 Å². The Bertz CT molecular complexity index is 673. The molecular formula is C16H22N4OS. The van der Waals surface area contributed by atoms with E-state index in [2.05, 4.69) is 28.5 Å². The van der Waals surface area contributed by atoms with Gasteiger partial charge in [-0.1, -0.05) is 0 Å². The topological polar surface area (TPSA) is 41.4 Å². The number of thiophene rings is 1. The molecule has 0 aromatic carbocycles. The molecule has 1 aliphatic rings. The summed E-state index contributed by atoms with van der Waals surface area (Å²) in [5.41, 5.74) is 2.30. The summed E-state index contributed by atoms with van der Waals surface area (Å²) in [4.78, 5) is 22.2. The minimum absolute atomic E-state index is 0.160. The smallest absolute Gasteiger partial charge is 0.264 e. The number of carbonyl (C=O) groups excluding carboxylic acids is 1. The summed E-state index contributed by atoms with van der Waals surface area (Å²) in [6.07, 6.45) is 2.79. The Morgan fingerprint density at radius 1 is 1.36 bits per heavy atom. The van der Waals surface area contributed by atoms with Gasteiger partial charge in [-0.15, -0.1) is 11.3 Å². The summed E-state index contributed by atoms with van der Waals surface area (Å²) in [6, 6.07) is 2.01. The molecule has 3 heterocycles. The highest BCUT2D eigenvalue weighted by Gasteiger charge is 2.23. The SMILES string of the molecule is Cc1ccsc1C(=O)N1CCc2ncc(CN(C)C)n2CC1. The first kappa shape index (κ1) is 15.2. The standard InChI is InChI=1S/C16H22N4OS/c1-12-5-9-22-15(12)16(21)19-6-4-14-17-10-13(11-18(2)3)20(14)8-7-19/h5,9-10H,4,6-8,11H2,1-3H3. The normalized spacial score (nSPS) is 15.0. The molecular weight excluding hydrogens is 296 g/mol. The molecule has 0 atom stereocenters. The number of aromatic nitrogens is 2. The van der Waals surface area contributed by atoms with Crippen molar-refractivity contribution in [3.05, 3.63) is 39.6 Å². The van der Waals surface area contributed by atoms with E-state index < -0.39 is 0 Å². The van der Waals surface area contributed by atoms with E-state index in [4.69, 9.17) is 0 Å². The van der Waals surface area contributed by atoms with Crippen LogP contribution in [0, 0.1) is 6.92 Å². The second-order valence-corrected chi connectivity index (χ2v) is 6.95. The number of carbonyl (C=O) groups is 1. The summed E-state index contributed by atoms with van der Waals surface area (Å²) in [6.45, 7) is 5.20. The van der Waals surface area contributed by atoms with Crippen LogP contribution in [0.1, 0.15) is 26.8 Å².